The summed E-state index contributed by atoms with van der Waals surface area (Å²) < 4.78 is 1.36. The molecule has 1 aliphatic heterocycles. The highest BCUT2D eigenvalue weighted by molar-refractivity contribution is 6.16. The number of carbonyl (C=O) groups is 1. The van der Waals surface area contributed by atoms with Crippen molar-refractivity contribution in [1.29, 1.82) is 0 Å². The molecule has 2 aliphatic rings. The molecule has 0 aromatic carbocycles. The van der Waals surface area contributed by atoms with E-state index in [4.69, 9.17) is 11.8 Å². The molecule has 17 heavy (non-hydrogen) atoms. The van der Waals surface area contributed by atoms with Crippen LogP contribution in [0.3, 0.4) is 0 Å². The molecule has 5 nitrogen and oxygen atoms in total. The Hall–Kier alpha value is -1.23. The number of halogens is 1. The fourth-order valence-corrected chi connectivity index (χ4v) is 3.07. The largest absolute Gasteiger partial charge is 0.352 e. The Labute approximate surface area is 105 Å². The van der Waals surface area contributed by atoms with E-state index in [1.165, 1.54) is 17.0 Å². The van der Waals surface area contributed by atoms with Gasteiger partial charge in [0.05, 0.1) is 11.4 Å². The van der Waals surface area contributed by atoms with Gasteiger partial charge in [-0.2, -0.15) is 4.20 Å². The van der Waals surface area contributed by atoms with Gasteiger partial charge in [-0.05, 0) is 12.8 Å². The normalized spacial score (nSPS) is 20.6. The molecule has 1 saturated carbocycles. The van der Waals surface area contributed by atoms with Crippen LogP contribution in [0.4, 0.5) is 5.69 Å². The highest BCUT2D eigenvalue weighted by Crippen LogP contribution is 2.41. The smallest absolute Gasteiger partial charge is 0.296 e. The van der Waals surface area contributed by atoms with Gasteiger partial charge in [-0.1, -0.05) is 12.8 Å². The maximum absolute atomic E-state index is 11.7. The van der Waals surface area contributed by atoms with Crippen LogP contribution in [-0.4, -0.2) is 28.9 Å². The highest BCUT2D eigenvalue weighted by Gasteiger charge is 2.34. The zero-order valence-electron chi connectivity index (χ0n) is 9.69. The van der Waals surface area contributed by atoms with Crippen LogP contribution in [0.5, 0.6) is 0 Å². The van der Waals surface area contributed by atoms with Crippen LogP contribution in [0.2, 0.25) is 0 Å². The van der Waals surface area contributed by atoms with Crippen LogP contribution in [0, 0.1) is 0 Å². The topological polar surface area (TPSA) is 52.2 Å². The zero-order chi connectivity index (χ0) is 12.0. The van der Waals surface area contributed by atoms with Gasteiger partial charge in [0.2, 0.25) is 0 Å². The van der Waals surface area contributed by atoms with Crippen molar-refractivity contribution in [1.82, 2.24) is 14.6 Å². The Morgan fingerprint density at radius 3 is 2.76 bits per heavy atom. The Balaban J connectivity index is 2.11. The third kappa shape index (κ3) is 1.60. The van der Waals surface area contributed by atoms with Crippen molar-refractivity contribution in [3.63, 3.8) is 0 Å². The maximum Gasteiger partial charge on any atom is 0.296 e. The van der Waals surface area contributed by atoms with Gasteiger partial charge in [0.15, 0.2) is 5.69 Å². The molecule has 3 rings (SSSR count). The van der Waals surface area contributed by atoms with Crippen molar-refractivity contribution >= 4 is 23.4 Å². The summed E-state index contributed by atoms with van der Waals surface area (Å²) in [5.74, 6) is 0.175. The Bertz CT molecular complexity index is 464. The van der Waals surface area contributed by atoms with Crippen LogP contribution in [-0.2, 0) is 0 Å². The number of hydrogen-bond donors (Lipinski definition) is 0. The first-order valence-electron chi connectivity index (χ1n) is 5.90. The predicted octanol–water partition coefficient (Wildman–Crippen LogP) is 1.69. The summed E-state index contributed by atoms with van der Waals surface area (Å²) in [5.41, 5.74) is 2.27. The van der Waals surface area contributed by atoms with E-state index in [1.54, 1.807) is 0 Å². The molecule has 2 heterocycles. The molecule has 0 spiro atoms. The SMILES string of the molecule is CN1C[N]C(=O)c2nn(Cl)c(C3CCCC3)c21. The summed E-state index contributed by atoms with van der Waals surface area (Å²) in [6.45, 7) is 0.397. The van der Waals surface area contributed by atoms with Gasteiger partial charge in [-0.25, -0.2) is 5.32 Å². The summed E-state index contributed by atoms with van der Waals surface area (Å²) in [7, 11) is 1.92. The van der Waals surface area contributed by atoms with Gasteiger partial charge >= 0.3 is 0 Å². The maximum atomic E-state index is 11.7. The fraction of sp³-hybridized carbons (Fsp3) is 0.636. The van der Waals surface area contributed by atoms with Crippen molar-refractivity contribution in [2.45, 2.75) is 31.6 Å². The highest BCUT2D eigenvalue weighted by atomic mass is 35.5. The van der Waals surface area contributed by atoms with Crippen molar-refractivity contribution < 1.29 is 4.79 Å². The van der Waals surface area contributed by atoms with Crippen LogP contribution >= 0.6 is 11.8 Å². The molecule has 0 N–H and O–H groups in total. The number of anilines is 1. The second-order valence-corrected chi connectivity index (χ2v) is 5.05. The summed E-state index contributed by atoms with van der Waals surface area (Å²) in [6.07, 6.45) is 4.71. The first-order chi connectivity index (χ1) is 8.18. The summed E-state index contributed by atoms with van der Waals surface area (Å²) >= 11 is 6.13. The van der Waals surface area contributed by atoms with Crippen molar-refractivity contribution in [3.8, 4) is 0 Å². The molecule has 0 bridgehead atoms. The van der Waals surface area contributed by atoms with E-state index >= 15 is 0 Å². The lowest BCUT2D eigenvalue weighted by atomic mass is 10.0. The number of aromatic nitrogens is 2. The second-order valence-electron chi connectivity index (χ2n) is 4.73. The minimum absolute atomic E-state index is 0.253. The third-order valence-corrected chi connectivity index (χ3v) is 3.86. The van der Waals surface area contributed by atoms with E-state index in [9.17, 15) is 4.79 Å². The Morgan fingerprint density at radius 1 is 1.35 bits per heavy atom. The van der Waals surface area contributed by atoms with Gasteiger partial charge < -0.3 is 4.90 Å². The standard InChI is InChI=1S/C11H14ClN4O/c1-15-6-13-11(17)8-10(15)9(16(12)14-8)7-4-2-3-5-7/h7H,2-6H2,1H3. The van der Waals surface area contributed by atoms with E-state index in [0.29, 0.717) is 18.3 Å². The van der Waals surface area contributed by atoms with Gasteiger partial charge in [0.25, 0.3) is 5.91 Å². The van der Waals surface area contributed by atoms with E-state index in [2.05, 4.69) is 10.4 Å². The number of amides is 1. The van der Waals surface area contributed by atoms with Crippen molar-refractivity contribution in [2.75, 3.05) is 18.6 Å². The van der Waals surface area contributed by atoms with E-state index in [1.807, 2.05) is 11.9 Å². The minimum Gasteiger partial charge on any atom is -0.352 e. The van der Waals surface area contributed by atoms with Gasteiger partial charge in [-0.15, -0.1) is 5.10 Å². The second kappa shape index (κ2) is 3.91. The van der Waals surface area contributed by atoms with Crippen molar-refractivity contribution in [2.24, 2.45) is 0 Å². The molecular weight excluding hydrogens is 240 g/mol. The monoisotopic (exact) mass is 253 g/mol. The minimum atomic E-state index is -0.253. The summed E-state index contributed by atoms with van der Waals surface area (Å²) in [5, 5.41) is 8.01. The predicted molar refractivity (Wildman–Crippen MR) is 64.4 cm³/mol. The Morgan fingerprint density at radius 2 is 2.06 bits per heavy atom. The number of nitrogens with zero attached hydrogens (tertiary/aromatic N) is 4. The fourth-order valence-electron chi connectivity index (χ4n) is 2.78. The van der Waals surface area contributed by atoms with E-state index in [0.717, 1.165) is 24.2 Å². The Kier molecular flexibility index (Phi) is 2.50. The summed E-state index contributed by atoms with van der Waals surface area (Å²) in [6, 6.07) is 0. The number of rotatable bonds is 1. The molecule has 6 heteroatoms. The van der Waals surface area contributed by atoms with Gasteiger partial charge in [0.1, 0.15) is 6.67 Å². The van der Waals surface area contributed by atoms with Gasteiger partial charge in [-0.3, -0.25) is 4.79 Å². The first-order valence-corrected chi connectivity index (χ1v) is 6.24. The molecule has 0 atom stereocenters. The molecule has 1 aliphatic carbocycles. The van der Waals surface area contributed by atoms with Crippen molar-refractivity contribution in [3.05, 3.63) is 11.4 Å². The lowest BCUT2D eigenvalue weighted by Crippen LogP contribution is -2.36. The number of carbonyl (C=O) groups excluding carboxylic acids is 1. The van der Waals surface area contributed by atoms with Crippen LogP contribution in [0.1, 0.15) is 47.8 Å². The lowest BCUT2D eigenvalue weighted by molar-refractivity contribution is 0.0938. The molecule has 1 aromatic heterocycles. The molecule has 1 aromatic rings. The molecule has 1 radical (unpaired) electrons. The lowest BCUT2D eigenvalue weighted by Gasteiger charge is -2.24. The average molecular weight is 254 g/mol. The molecular formula is C11H14ClN4O. The molecule has 0 unspecified atom stereocenters. The number of hydrogen-bond acceptors (Lipinski definition) is 3. The van der Waals surface area contributed by atoms with Crippen LogP contribution in [0.25, 0.3) is 0 Å². The molecule has 0 saturated heterocycles. The third-order valence-electron chi connectivity index (χ3n) is 3.61. The van der Waals surface area contributed by atoms with Gasteiger partial charge in [0, 0.05) is 24.7 Å². The van der Waals surface area contributed by atoms with Crippen LogP contribution in [0.15, 0.2) is 0 Å². The molecule has 91 valence electrons. The molecule has 1 fully saturated rings. The average Bonchev–Trinajstić information content (AvgIpc) is 2.90. The van der Waals surface area contributed by atoms with E-state index < -0.39 is 0 Å². The van der Waals surface area contributed by atoms with E-state index in [-0.39, 0.29) is 5.91 Å². The summed E-state index contributed by atoms with van der Waals surface area (Å²) in [4.78, 5) is 13.6. The first kappa shape index (κ1) is 10.9. The molecule has 1 amide bonds. The zero-order valence-corrected chi connectivity index (χ0v) is 10.4. The van der Waals surface area contributed by atoms with Crippen LogP contribution < -0.4 is 10.2 Å². The quantitative estimate of drug-likeness (QED) is 0.765. The number of fused-ring (bicyclic) bond motifs is 1.